The van der Waals surface area contributed by atoms with E-state index in [1.54, 1.807) is 0 Å². The minimum absolute atomic E-state index is 0.485. The summed E-state index contributed by atoms with van der Waals surface area (Å²) < 4.78 is 40.1. The molecule has 3 heterocycles. The number of benzene rings is 1. The molecular weight excluding hydrogens is 355 g/mol. The lowest BCUT2D eigenvalue weighted by Crippen LogP contribution is -2.31. The summed E-state index contributed by atoms with van der Waals surface area (Å²) in [6.45, 7) is 2.59. The molecule has 0 N–H and O–H groups in total. The molecule has 3 aromatic rings. The quantitative estimate of drug-likeness (QED) is 0.704. The topological polar surface area (TPSA) is 46.8 Å². The summed E-state index contributed by atoms with van der Waals surface area (Å²) in [5.74, 6) is -1.06. The first-order valence-corrected chi connectivity index (χ1v) is 8.67. The molecule has 0 aliphatic carbocycles. The zero-order chi connectivity index (χ0) is 18.9. The predicted octanol–water partition coefficient (Wildman–Crippen LogP) is 3.30. The van der Waals surface area contributed by atoms with Crippen molar-refractivity contribution in [2.45, 2.75) is 32.2 Å². The van der Waals surface area contributed by atoms with Crippen LogP contribution in [0.4, 0.5) is 13.2 Å². The van der Waals surface area contributed by atoms with Gasteiger partial charge in [-0.05, 0) is 5.56 Å². The van der Waals surface area contributed by atoms with Crippen LogP contribution in [0.3, 0.4) is 0 Å². The van der Waals surface area contributed by atoms with E-state index in [1.807, 2.05) is 35.3 Å². The van der Waals surface area contributed by atoms with E-state index in [4.69, 9.17) is 0 Å². The summed E-state index contributed by atoms with van der Waals surface area (Å²) in [7, 11) is 0. The zero-order valence-corrected chi connectivity index (χ0v) is 14.5. The molecule has 0 spiro atoms. The van der Waals surface area contributed by atoms with Crippen LogP contribution in [-0.4, -0.2) is 31.2 Å². The highest BCUT2D eigenvalue weighted by molar-refractivity contribution is 5.22. The molecule has 0 unspecified atom stereocenters. The Kier molecular flexibility index (Phi) is 4.65. The Labute approximate surface area is 154 Å². The van der Waals surface area contributed by atoms with Gasteiger partial charge in [-0.1, -0.05) is 30.3 Å². The van der Waals surface area contributed by atoms with Gasteiger partial charge in [-0.2, -0.15) is 18.3 Å². The fourth-order valence-corrected chi connectivity index (χ4v) is 3.25. The van der Waals surface area contributed by atoms with Crippen molar-refractivity contribution in [3.63, 3.8) is 0 Å². The third-order valence-corrected chi connectivity index (χ3v) is 4.55. The maximum atomic E-state index is 12.7. The molecule has 140 valence electrons. The molecule has 2 aromatic heterocycles. The molecule has 0 radical (unpaired) electrons. The fraction of sp³-hybridized carbons (Fsp3) is 0.316. The van der Waals surface area contributed by atoms with Crippen molar-refractivity contribution < 1.29 is 13.2 Å². The average molecular weight is 373 g/mol. The second-order valence-electron chi connectivity index (χ2n) is 6.66. The lowest BCUT2D eigenvalue weighted by atomic mass is 10.1. The summed E-state index contributed by atoms with van der Waals surface area (Å²) >= 11 is 0. The summed E-state index contributed by atoms with van der Waals surface area (Å²) in [5.41, 5.74) is 3.50. The number of hydrogen-bond donors (Lipinski definition) is 0. The number of nitrogens with zero attached hydrogens (tertiary/aromatic N) is 5. The van der Waals surface area contributed by atoms with E-state index in [1.165, 1.54) is 11.8 Å². The van der Waals surface area contributed by atoms with Gasteiger partial charge in [0.15, 0.2) is 0 Å². The maximum absolute atomic E-state index is 12.7. The second kappa shape index (κ2) is 7.11. The summed E-state index contributed by atoms with van der Waals surface area (Å²) in [6, 6.07) is 10.1. The molecule has 1 aromatic carbocycles. The number of hydrogen-bond acceptors (Lipinski definition) is 4. The Morgan fingerprint density at radius 1 is 1.00 bits per heavy atom. The van der Waals surface area contributed by atoms with Gasteiger partial charge in [0, 0.05) is 49.6 Å². The van der Waals surface area contributed by atoms with Gasteiger partial charge in [-0.15, -0.1) is 0 Å². The number of alkyl halides is 3. The second-order valence-corrected chi connectivity index (χ2v) is 6.66. The number of halogens is 3. The van der Waals surface area contributed by atoms with Crippen LogP contribution in [0.2, 0.25) is 0 Å². The van der Waals surface area contributed by atoms with Crippen LogP contribution < -0.4 is 0 Å². The molecule has 0 saturated carbocycles. The van der Waals surface area contributed by atoms with Crippen LogP contribution in [0.25, 0.3) is 0 Å². The van der Waals surface area contributed by atoms with Crippen LogP contribution in [0, 0.1) is 0 Å². The normalized spacial score (nSPS) is 14.9. The molecule has 0 fully saturated rings. The molecule has 0 amide bonds. The molecule has 1 aliphatic heterocycles. The van der Waals surface area contributed by atoms with Crippen molar-refractivity contribution in [3.05, 3.63) is 77.1 Å². The molecule has 5 nitrogen and oxygen atoms in total. The van der Waals surface area contributed by atoms with Crippen molar-refractivity contribution in [2.75, 3.05) is 6.54 Å². The van der Waals surface area contributed by atoms with Crippen LogP contribution in [0.15, 0.2) is 48.9 Å². The van der Waals surface area contributed by atoms with Crippen molar-refractivity contribution in [1.29, 1.82) is 0 Å². The lowest BCUT2D eigenvalue weighted by Gasteiger charge is -2.27. The zero-order valence-electron chi connectivity index (χ0n) is 14.5. The van der Waals surface area contributed by atoms with E-state index in [2.05, 4.69) is 32.1 Å². The number of fused-ring (bicyclic) bond motifs is 1. The molecular formula is C19H18F3N5. The van der Waals surface area contributed by atoms with Gasteiger partial charge in [-0.25, -0.2) is 9.97 Å². The number of aromatic nitrogens is 4. The lowest BCUT2D eigenvalue weighted by molar-refractivity contribution is -0.145. The van der Waals surface area contributed by atoms with Gasteiger partial charge in [0.1, 0.15) is 0 Å². The predicted molar refractivity (Wildman–Crippen MR) is 92.6 cm³/mol. The van der Waals surface area contributed by atoms with Crippen molar-refractivity contribution >= 4 is 0 Å². The Hall–Kier alpha value is -2.74. The van der Waals surface area contributed by atoms with Gasteiger partial charge in [-0.3, -0.25) is 9.58 Å². The minimum Gasteiger partial charge on any atom is -0.294 e. The van der Waals surface area contributed by atoms with E-state index in [9.17, 15) is 13.2 Å². The first-order chi connectivity index (χ1) is 13.0. The Morgan fingerprint density at radius 3 is 2.59 bits per heavy atom. The number of rotatable bonds is 4. The van der Waals surface area contributed by atoms with Crippen LogP contribution in [0.1, 0.15) is 28.2 Å². The van der Waals surface area contributed by atoms with E-state index in [0.29, 0.717) is 38.3 Å². The van der Waals surface area contributed by atoms with Gasteiger partial charge < -0.3 is 0 Å². The summed E-state index contributed by atoms with van der Waals surface area (Å²) in [6.07, 6.45) is 1.13. The van der Waals surface area contributed by atoms with Crippen molar-refractivity contribution in [1.82, 2.24) is 24.6 Å². The average Bonchev–Trinajstić information content (AvgIpc) is 3.08. The SMILES string of the molecule is FC(F)(F)c1ncc2c(n1)CCN(Cc1cnn(Cc3ccccc3)c1)C2. The van der Waals surface area contributed by atoms with Crippen molar-refractivity contribution in [3.8, 4) is 0 Å². The van der Waals surface area contributed by atoms with E-state index >= 15 is 0 Å². The molecule has 0 saturated heterocycles. The maximum Gasteiger partial charge on any atom is 0.451 e. The Balaban J connectivity index is 1.40. The largest absolute Gasteiger partial charge is 0.451 e. The van der Waals surface area contributed by atoms with Gasteiger partial charge >= 0.3 is 6.18 Å². The van der Waals surface area contributed by atoms with E-state index < -0.39 is 12.0 Å². The van der Waals surface area contributed by atoms with Crippen LogP contribution >= 0.6 is 0 Å². The van der Waals surface area contributed by atoms with E-state index in [0.717, 1.165) is 11.1 Å². The van der Waals surface area contributed by atoms with Gasteiger partial charge in [0.25, 0.3) is 0 Å². The Bertz CT molecular complexity index is 921. The fourth-order valence-electron chi connectivity index (χ4n) is 3.25. The Morgan fingerprint density at radius 2 is 1.81 bits per heavy atom. The first-order valence-electron chi connectivity index (χ1n) is 8.67. The molecule has 27 heavy (non-hydrogen) atoms. The monoisotopic (exact) mass is 373 g/mol. The minimum atomic E-state index is -4.50. The van der Waals surface area contributed by atoms with Gasteiger partial charge in [0.05, 0.1) is 18.4 Å². The summed E-state index contributed by atoms with van der Waals surface area (Å²) in [4.78, 5) is 9.34. The first kappa shape index (κ1) is 17.7. The molecule has 0 bridgehead atoms. The standard InChI is InChI=1S/C19H18F3N5/c20-19(21,22)18-23-9-16-13-26(7-6-17(16)25-18)10-15-8-24-27(12-15)11-14-4-2-1-3-5-14/h1-5,8-9,12H,6-7,10-11,13H2. The summed E-state index contributed by atoms with van der Waals surface area (Å²) in [5, 5.41) is 4.40. The van der Waals surface area contributed by atoms with Gasteiger partial charge in [0.2, 0.25) is 5.82 Å². The smallest absolute Gasteiger partial charge is 0.294 e. The van der Waals surface area contributed by atoms with E-state index in [-0.39, 0.29) is 0 Å². The van der Waals surface area contributed by atoms with Crippen LogP contribution in [-0.2, 0) is 32.2 Å². The highest BCUT2D eigenvalue weighted by atomic mass is 19.4. The molecule has 4 rings (SSSR count). The van der Waals surface area contributed by atoms with Crippen LogP contribution in [0.5, 0.6) is 0 Å². The molecule has 0 atom stereocenters. The highest BCUT2D eigenvalue weighted by Crippen LogP contribution is 2.28. The molecule has 8 heteroatoms. The third kappa shape index (κ3) is 4.16. The third-order valence-electron chi connectivity index (χ3n) is 4.55. The molecule has 1 aliphatic rings. The highest BCUT2D eigenvalue weighted by Gasteiger charge is 2.35. The van der Waals surface area contributed by atoms with Crippen molar-refractivity contribution in [2.24, 2.45) is 0 Å².